The SMILES string of the molecule is COC(=O)CCC1CCN(NC(=O)c2cc3cc(Cl)ncc3[nH]2)CC1. The molecule has 2 N–H and O–H groups in total. The van der Waals surface area contributed by atoms with Gasteiger partial charge in [-0.15, -0.1) is 0 Å². The van der Waals surface area contributed by atoms with E-state index in [9.17, 15) is 9.59 Å². The number of hydrogen-bond acceptors (Lipinski definition) is 5. The molecule has 1 aliphatic heterocycles. The number of piperidine rings is 1. The third kappa shape index (κ3) is 4.49. The molecular weight excluding hydrogens is 344 g/mol. The third-order valence-corrected chi connectivity index (χ3v) is 4.78. The number of pyridine rings is 1. The molecule has 3 rings (SSSR count). The lowest BCUT2D eigenvalue weighted by molar-refractivity contribution is -0.141. The van der Waals surface area contributed by atoms with E-state index in [1.54, 1.807) is 18.3 Å². The Bertz CT molecular complexity index is 768. The van der Waals surface area contributed by atoms with Crippen LogP contribution < -0.4 is 5.43 Å². The number of carbonyl (C=O) groups excluding carboxylic acids is 2. The lowest BCUT2D eigenvalue weighted by Crippen LogP contribution is -2.46. The van der Waals surface area contributed by atoms with Crippen LogP contribution in [0.5, 0.6) is 0 Å². The first-order valence-corrected chi connectivity index (χ1v) is 8.70. The monoisotopic (exact) mass is 364 g/mol. The van der Waals surface area contributed by atoms with Crippen molar-refractivity contribution in [2.45, 2.75) is 25.7 Å². The van der Waals surface area contributed by atoms with Crippen LogP contribution in [0, 0.1) is 5.92 Å². The quantitative estimate of drug-likeness (QED) is 0.628. The number of ether oxygens (including phenoxy) is 1. The van der Waals surface area contributed by atoms with Gasteiger partial charge >= 0.3 is 5.97 Å². The van der Waals surface area contributed by atoms with Gasteiger partial charge in [0, 0.05) is 24.9 Å². The summed E-state index contributed by atoms with van der Waals surface area (Å²) in [4.78, 5) is 30.7. The van der Waals surface area contributed by atoms with E-state index in [1.807, 2.05) is 5.01 Å². The van der Waals surface area contributed by atoms with Gasteiger partial charge in [-0.1, -0.05) is 11.6 Å². The van der Waals surface area contributed by atoms with Crippen LogP contribution in [0.25, 0.3) is 10.9 Å². The first kappa shape index (κ1) is 17.7. The Hall–Kier alpha value is -2.12. The van der Waals surface area contributed by atoms with Crippen LogP contribution in [0.15, 0.2) is 18.3 Å². The van der Waals surface area contributed by atoms with Gasteiger partial charge in [-0.05, 0) is 37.3 Å². The fraction of sp³-hybridized carbons (Fsp3) is 0.471. The molecule has 8 heteroatoms. The zero-order chi connectivity index (χ0) is 17.8. The number of rotatable bonds is 5. The molecule has 1 saturated heterocycles. The van der Waals surface area contributed by atoms with Crippen LogP contribution in [0.4, 0.5) is 0 Å². The molecule has 0 saturated carbocycles. The third-order valence-electron chi connectivity index (χ3n) is 4.57. The first-order valence-electron chi connectivity index (χ1n) is 8.32. The van der Waals surface area contributed by atoms with E-state index in [0.29, 0.717) is 23.2 Å². The molecule has 25 heavy (non-hydrogen) atoms. The molecule has 1 fully saturated rings. The van der Waals surface area contributed by atoms with E-state index in [4.69, 9.17) is 11.6 Å². The largest absolute Gasteiger partial charge is 0.469 e. The minimum atomic E-state index is -0.180. The number of methoxy groups -OCH3 is 1. The van der Waals surface area contributed by atoms with Crippen LogP contribution in [0.2, 0.25) is 5.15 Å². The zero-order valence-corrected chi connectivity index (χ0v) is 14.8. The highest BCUT2D eigenvalue weighted by molar-refractivity contribution is 6.30. The molecule has 0 bridgehead atoms. The van der Waals surface area contributed by atoms with Gasteiger partial charge in [0.25, 0.3) is 5.91 Å². The molecule has 0 radical (unpaired) electrons. The van der Waals surface area contributed by atoms with Crippen LogP contribution in [0.3, 0.4) is 0 Å². The van der Waals surface area contributed by atoms with Crippen molar-refractivity contribution in [3.05, 3.63) is 29.2 Å². The minimum absolute atomic E-state index is 0.163. The van der Waals surface area contributed by atoms with E-state index in [-0.39, 0.29) is 11.9 Å². The molecule has 7 nitrogen and oxygen atoms in total. The molecule has 134 valence electrons. The average Bonchev–Trinajstić information content (AvgIpc) is 3.04. The summed E-state index contributed by atoms with van der Waals surface area (Å²) < 4.78 is 4.67. The van der Waals surface area contributed by atoms with Gasteiger partial charge in [-0.2, -0.15) is 0 Å². The number of nitrogens with one attached hydrogen (secondary N) is 2. The highest BCUT2D eigenvalue weighted by atomic mass is 35.5. The Kier molecular flexibility index (Phi) is 5.55. The summed E-state index contributed by atoms with van der Waals surface area (Å²) in [5.41, 5.74) is 4.18. The number of hydrogen-bond donors (Lipinski definition) is 2. The highest BCUT2D eigenvalue weighted by Gasteiger charge is 2.22. The lowest BCUT2D eigenvalue weighted by Gasteiger charge is -2.31. The predicted octanol–water partition coefficient (Wildman–Crippen LogP) is 2.53. The average molecular weight is 365 g/mol. The van der Waals surface area contributed by atoms with E-state index >= 15 is 0 Å². The fourth-order valence-electron chi connectivity index (χ4n) is 3.09. The highest BCUT2D eigenvalue weighted by Crippen LogP contribution is 2.22. The lowest BCUT2D eigenvalue weighted by atomic mass is 9.93. The van der Waals surface area contributed by atoms with Crippen LogP contribution in [-0.2, 0) is 9.53 Å². The molecule has 1 aliphatic rings. The molecule has 2 aromatic heterocycles. The summed E-state index contributed by atoms with van der Waals surface area (Å²) in [6.45, 7) is 1.54. The standard InChI is InChI=1S/C17H21ClN4O3/c1-25-16(23)3-2-11-4-6-22(7-5-11)21-17(24)13-8-12-9-15(18)19-10-14(12)20-13/h8-11,20H,2-7H2,1H3,(H,21,24). The summed E-state index contributed by atoms with van der Waals surface area (Å²) in [5, 5.41) is 3.17. The summed E-state index contributed by atoms with van der Waals surface area (Å²) in [6.07, 6.45) is 4.80. The Morgan fingerprint density at radius 1 is 1.40 bits per heavy atom. The molecule has 0 spiro atoms. The van der Waals surface area contributed by atoms with Gasteiger partial charge in [-0.3, -0.25) is 15.0 Å². The van der Waals surface area contributed by atoms with Crippen molar-refractivity contribution in [2.75, 3.05) is 20.2 Å². The molecule has 2 aromatic rings. The van der Waals surface area contributed by atoms with Crippen molar-refractivity contribution >= 4 is 34.4 Å². The maximum atomic E-state index is 12.4. The van der Waals surface area contributed by atoms with Gasteiger partial charge in [0.1, 0.15) is 10.8 Å². The summed E-state index contributed by atoms with van der Waals surface area (Å²) in [6, 6.07) is 3.48. The number of nitrogens with zero attached hydrogens (tertiary/aromatic N) is 2. The van der Waals surface area contributed by atoms with E-state index in [2.05, 4.69) is 20.1 Å². The summed E-state index contributed by atoms with van der Waals surface area (Å²) >= 11 is 5.87. The van der Waals surface area contributed by atoms with Crippen LogP contribution in [-0.4, -0.2) is 47.1 Å². The van der Waals surface area contributed by atoms with E-state index in [0.717, 1.165) is 43.3 Å². The number of halogens is 1. The molecule has 3 heterocycles. The minimum Gasteiger partial charge on any atom is -0.469 e. The second-order valence-electron chi connectivity index (χ2n) is 6.26. The number of hydrazine groups is 1. The number of H-pyrrole nitrogens is 1. The summed E-state index contributed by atoms with van der Waals surface area (Å²) in [7, 11) is 1.41. The maximum Gasteiger partial charge on any atom is 0.305 e. The van der Waals surface area contributed by atoms with Crippen molar-refractivity contribution in [3.63, 3.8) is 0 Å². The van der Waals surface area contributed by atoms with E-state index in [1.165, 1.54) is 7.11 Å². The molecule has 1 amide bonds. The number of aromatic nitrogens is 2. The van der Waals surface area contributed by atoms with Crippen LogP contribution >= 0.6 is 11.6 Å². The van der Waals surface area contributed by atoms with Gasteiger partial charge in [-0.25, -0.2) is 9.99 Å². The van der Waals surface area contributed by atoms with Gasteiger partial charge in [0.15, 0.2) is 0 Å². The summed E-state index contributed by atoms with van der Waals surface area (Å²) in [5.74, 6) is 0.151. The van der Waals surface area contributed by atoms with E-state index < -0.39 is 0 Å². The fourth-order valence-corrected chi connectivity index (χ4v) is 3.25. The van der Waals surface area contributed by atoms with Gasteiger partial charge in [0.05, 0.1) is 18.8 Å². The first-order chi connectivity index (χ1) is 12.0. The Balaban J connectivity index is 1.51. The normalized spacial score (nSPS) is 16.1. The van der Waals surface area contributed by atoms with Gasteiger partial charge < -0.3 is 9.72 Å². The molecule has 0 aromatic carbocycles. The number of carbonyl (C=O) groups is 2. The topological polar surface area (TPSA) is 87.3 Å². The second kappa shape index (κ2) is 7.84. The number of aromatic amines is 1. The number of esters is 1. The predicted molar refractivity (Wildman–Crippen MR) is 94.1 cm³/mol. The van der Waals surface area contributed by atoms with Crippen LogP contribution in [0.1, 0.15) is 36.2 Å². The molecular formula is C17H21ClN4O3. The molecule has 0 aliphatic carbocycles. The number of fused-ring (bicyclic) bond motifs is 1. The molecule has 0 unspecified atom stereocenters. The number of amides is 1. The van der Waals surface area contributed by atoms with Crippen molar-refractivity contribution in [1.29, 1.82) is 0 Å². The van der Waals surface area contributed by atoms with Crippen molar-refractivity contribution in [3.8, 4) is 0 Å². The Morgan fingerprint density at radius 3 is 2.88 bits per heavy atom. The Labute approximate surface area is 150 Å². The zero-order valence-electron chi connectivity index (χ0n) is 14.0. The van der Waals surface area contributed by atoms with Crippen molar-refractivity contribution in [1.82, 2.24) is 20.4 Å². The molecule has 0 atom stereocenters. The van der Waals surface area contributed by atoms with Crippen molar-refractivity contribution in [2.24, 2.45) is 5.92 Å². The smallest absolute Gasteiger partial charge is 0.305 e. The van der Waals surface area contributed by atoms with Gasteiger partial charge in [0.2, 0.25) is 0 Å². The van der Waals surface area contributed by atoms with Crippen molar-refractivity contribution < 1.29 is 14.3 Å². The Morgan fingerprint density at radius 2 is 2.16 bits per heavy atom. The second-order valence-corrected chi connectivity index (χ2v) is 6.65. The maximum absolute atomic E-state index is 12.4.